The smallest absolute Gasteiger partial charge is 0.251 e. The van der Waals surface area contributed by atoms with Gasteiger partial charge in [-0.2, -0.15) is 0 Å². The Kier molecular flexibility index (Phi) is 6.68. The molecule has 0 saturated heterocycles. The third kappa shape index (κ3) is 5.32. The summed E-state index contributed by atoms with van der Waals surface area (Å²) in [6, 6.07) is 5.88. The van der Waals surface area contributed by atoms with Crippen molar-refractivity contribution in [1.82, 2.24) is 5.32 Å². The number of sulfone groups is 1. The average Bonchev–Trinajstić information content (AvgIpc) is 2.45. The maximum atomic E-state index is 12.0. The Balaban J connectivity index is 2.64. The van der Waals surface area contributed by atoms with Crippen LogP contribution in [0.1, 0.15) is 37.0 Å². The maximum Gasteiger partial charge on any atom is 0.251 e. The van der Waals surface area contributed by atoms with Crippen LogP contribution < -0.4 is 5.32 Å². The van der Waals surface area contributed by atoms with Crippen molar-refractivity contribution in [3.8, 4) is 0 Å². The van der Waals surface area contributed by atoms with Crippen LogP contribution in [-0.2, 0) is 9.84 Å². The lowest BCUT2D eigenvalue weighted by Crippen LogP contribution is -2.33. The molecule has 1 amide bonds. The molecule has 0 bridgehead atoms. The van der Waals surface area contributed by atoms with E-state index in [1.54, 1.807) is 0 Å². The molecule has 0 fully saturated rings. The third-order valence-electron chi connectivity index (χ3n) is 3.56. The third-order valence-corrected chi connectivity index (χ3v) is 5.20. The molecule has 1 aromatic carbocycles. The first-order chi connectivity index (χ1) is 9.79. The molecule has 1 atom stereocenters. The molecule has 0 aliphatic rings. The fourth-order valence-electron chi connectivity index (χ4n) is 2.11. The van der Waals surface area contributed by atoms with Crippen LogP contribution in [0.15, 0.2) is 29.2 Å². The molecule has 0 aliphatic carbocycles. The van der Waals surface area contributed by atoms with Crippen molar-refractivity contribution in [1.29, 1.82) is 0 Å². The van der Waals surface area contributed by atoms with Crippen molar-refractivity contribution in [3.05, 3.63) is 29.8 Å². The van der Waals surface area contributed by atoms with Gasteiger partial charge in [-0.1, -0.05) is 26.7 Å². The normalized spacial score (nSPS) is 13.2. The minimum atomic E-state index is -3.24. The zero-order chi connectivity index (χ0) is 16.0. The number of hydrogen-bond acceptors (Lipinski definition) is 3. The van der Waals surface area contributed by atoms with E-state index in [9.17, 15) is 13.2 Å². The van der Waals surface area contributed by atoms with Gasteiger partial charge >= 0.3 is 0 Å². The van der Waals surface area contributed by atoms with Gasteiger partial charge in [-0.15, -0.1) is 11.6 Å². The van der Waals surface area contributed by atoms with Crippen LogP contribution in [0.2, 0.25) is 0 Å². The Morgan fingerprint density at radius 3 is 2.14 bits per heavy atom. The summed E-state index contributed by atoms with van der Waals surface area (Å²) < 4.78 is 22.7. The number of halogens is 1. The minimum absolute atomic E-state index is 0.0979. The molecule has 21 heavy (non-hydrogen) atoms. The number of alkyl halides is 1. The molecule has 118 valence electrons. The number of carbonyl (C=O) groups excluding carboxylic acids is 1. The first kappa shape index (κ1) is 18.0. The predicted octanol–water partition coefficient (Wildman–Crippen LogP) is 2.86. The van der Waals surface area contributed by atoms with Gasteiger partial charge in [0.2, 0.25) is 0 Å². The number of amides is 1. The Bertz CT molecular complexity index is 565. The Labute approximate surface area is 131 Å². The maximum absolute atomic E-state index is 12.0. The van der Waals surface area contributed by atoms with Crippen molar-refractivity contribution in [2.45, 2.75) is 37.0 Å². The molecule has 6 heteroatoms. The van der Waals surface area contributed by atoms with Gasteiger partial charge in [0.25, 0.3) is 5.91 Å². The van der Waals surface area contributed by atoms with Gasteiger partial charge in [0.05, 0.1) is 10.3 Å². The summed E-state index contributed by atoms with van der Waals surface area (Å²) in [5.74, 6) is 0.131. The van der Waals surface area contributed by atoms with E-state index in [-0.39, 0.29) is 16.2 Å². The fourth-order valence-corrected chi connectivity index (χ4v) is 3.18. The van der Waals surface area contributed by atoms with Gasteiger partial charge in [-0.25, -0.2) is 8.42 Å². The summed E-state index contributed by atoms with van der Waals surface area (Å²) in [5.41, 5.74) is 0.427. The summed E-state index contributed by atoms with van der Waals surface area (Å²) in [5, 5.41) is 2.69. The van der Waals surface area contributed by atoms with E-state index in [1.165, 1.54) is 24.3 Å². The standard InChI is InChI=1S/C15H22ClNO3S/c1-4-11(5-2)14(16)10-17-15(18)12-6-8-13(9-7-12)21(3,19)20/h6-9,11,14H,4-5,10H2,1-3H3,(H,17,18). The van der Waals surface area contributed by atoms with E-state index in [2.05, 4.69) is 19.2 Å². The SMILES string of the molecule is CCC(CC)C(Cl)CNC(=O)c1ccc(S(C)(=O)=O)cc1. The Hall–Kier alpha value is -1.07. The molecule has 1 unspecified atom stereocenters. The summed E-state index contributed by atoms with van der Waals surface area (Å²) >= 11 is 6.27. The van der Waals surface area contributed by atoms with Crippen molar-refractivity contribution in [2.75, 3.05) is 12.8 Å². The molecule has 0 radical (unpaired) electrons. The van der Waals surface area contributed by atoms with Crippen molar-refractivity contribution in [3.63, 3.8) is 0 Å². The molecular weight excluding hydrogens is 310 g/mol. The molecule has 4 nitrogen and oxygen atoms in total. The first-order valence-electron chi connectivity index (χ1n) is 7.02. The molecule has 1 aromatic rings. The molecular formula is C15H22ClNO3S. The van der Waals surface area contributed by atoms with Gasteiger partial charge in [-0.3, -0.25) is 4.79 Å². The van der Waals surface area contributed by atoms with E-state index in [4.69, 9.17) is 11.6 Å². The van der Waals surface area contributed by atoms with E-state index in [0.29, 0.717) is 18.0 Å². The highest BCUT2D eigenvalue weighted by molar-refractivity contribution is 7.90. The second-order valence-corrected chi connectivity index (χ2v) is 7.68. The van der Waals surface area contributed by atoms with Gasteiger partial charge in [0.1, 0.15) is 0 Å². The molecule has 0 aromatic heterocycles. The second kappa shape index (κ2) is 7.80. The molecule has 0 spiro atoms. The monoisotopic (exact) mass is 331 g/mol. The van der Waals surface area contributed by atoms with Gasteiger partial charge < -0.3 is 5.32 Å². The van der Waals surface area contributed by atoms with Crippen LogP contribution in [0.4, 0.5) is 0 Å². The average molecular weight is 332 g/mol. The van der Waals surface area contributed by atoms with Crippen LogP contribution >= 0.6 is 11.6 Å². The van der Waals surface area contributed by atoms with E-state index < -0.39 is 9.84 Å². The molecule has 0 heterocycles. The predicted molar refractivity (Wildman–Crippen MR) is 85.6 cm³/mol. The molecule has 0 saturated carbocycles. The van der Waals surface area contributed by atoms with Crippen LogP contribution in [0, 0.1) is 5.92 Å². The van der Waals surface area contributed by atoms with Gasteiger partial charge in [-0.05, 0) is 30.2 Å². The highest BCUT2D eigenvalue weighted by Crippen LogP contribution is 2.18. The van der Waals surface area contributed by atoms with E-state index in [1.807, 2.05) is 0 Å². The second-order valence-electron chi connectivity index (χ2n) is 5.10. The van der Waals surface area contributed by atoms with Gasteiger partial charge in [0.15, 0.2) is 9.84 Å². The lowest BCUT2D eigenvalue weighted by atomic mass is 9.99. The van der Waals surface area contributed by atoms with E-state index in [0.717, 1.165) is 19.1 Å². The number of benzene rings is 1. The number of hydrogen-bond donors (Lipinski definition) is 1. The zero-order valence-electron chi connectivity index (χ0n) is 12.6. The first-order valence-corrected chi connectivity index (χ1v) is 9.34. The summed E-state index contributed by atoms with van der Waals surface area (Å²) in [6.07, 6.45) is 3.09. The highest BCUT2D eigenvalue weighted by Gasteiger charge is 2.17. The Morgan fingerprint density at radius 2 is 1.71 bits per heavy atom. The van der Waals surface area contributed by atoms with Crippen LogP contribution in [-0.4, -0.2) is 32.5 Å². The summed E-state index contributed by atoms with van der Waals surface area (Å²) in [4.78, 5) is 12.2. The quantitative estimate of drug-likeness (QED) is 0.781. The lowest BCUT2D eigenvalue weighted by Gasteiger charge is -2.19. The summed E-state index contributed by atoms with van der Waals surface area (Å²) in [7, 11) is -3.24. The van der Waals surface area contributed by atoms with E-state index >= 15 is 0 Å². The topological polar surface area (TPSA) is 63.2 Å². The van der Waals surface area contributed by atoms with Crippen LogP contribution in [0.25, 0.3) is 0 Å². The molecule has 0 aliphatic heterocycles. The van der Waals surface area contributed by atoms with Gasteiger partial charge in [0, 0.05) is 18.4 Å². The van der Waals surface area contributed by atoms with Crippen molar-refractivity contribution in [2.24, 2.45) is 5.92 Å². The molecule has 1 rings (SSSR count). The zero-order valence-corrected chi connectivity index (χ0v) is 14.2. The number of rotatable bonds is 7. The van der Waals surface area contributed by atoms with Crippen molar-refractivity contribution < 1.29 is 13.2 Å². The van der Waals surface area contributed by atoms with Crippen molar-refractivity contribution >= 4 is 27.3 Å². The largest absolute Gasteiger partial charge is 0.351 e. The Morgan fingerprint density at radius 1 is 1.19 bits per heavy atom. The number of carbonyl (C=O) groups is 1. The summed E-state index contributed by atoms with van der Waals surface area (Å²) in [6.45, 7) is 4.56. The van der Waals surface area contributed by atoms with Crippen LogP contribution in [0.3, 0.4) is 0 Å². The molecule has 1 N–H and O–H groups in total. The number of nitrogens with one attached hydrogen (secondary N) is 1. The lowest BCUT2D eigenvalue weighted by molar-refractivity contribution is 0.0951. The van der Waals surface area contributed by atoms with Crippen LogP contribution in [0.5, 0.6) is 0 Å². The highest BCUT2D eigenvalue weighted by atomic mass is 35.5. The minimum Gasteiger partial charge on any atom is -0.351 e. The fraction of sp³-hybridized carbons (Fsp3) is 0.533.